The van der Waals surface area contributed by atoms with Crippen molar-refractivity contribution in [3.05, 3.63) is 59.3 Å². The molecule has 3 aromatic rings. The number of nitrogens with two attached hydrogens (primary N) is 1. The molecule has 3 heterocycles. The number of nitrogens with one attached hydrogen (secondary N) is 2. The maximum absolute atomic E-state index is 15.0. The molecule has 13 nitrogen and oxygen atoms in total. The first-order chi connectivity index (χ1) is 21.4. The fraction of sp³-hybridized carbons (Fsp3) is 0.414. The minimum absolute atomic E-state index is 0.0169. The summed E-state index contributed by atoms with van der Waals surface area (Å²) in [5, 5.41) is 19.5. The molecular formula is C29H35F2N7O6. The Morgan fingerprint density at radius 1 is 1.23 bits per heavy atom. The number of hydrogen-bond acceptors (Lipinski definition) is 10. The Bertz CT molecular complexity index is 1480. The molecule has 44 heavy (non-hydrogen) atoms. The number of ether oxygens (including phenoxy) is 4. The number of carbonyl (C=O) groups excluding carboxylic acids is 1. The minimum Gasteiger partial charge on any atom is -0.493 e. The molecule has 0 bridgehead atoms. The van der Waals surface area contributed by atoms with Gasteiger partial charge in [0.1, 0.15) is 5.84 Å². The number of rotatable bonds is 14. The van der Waals surface area contributed by atoms with E-state index in [9.17, 15) is 18.7 Å². The Hall–Kier alpha value is -4.31. The number of anilines is 2. The highest BCUT2D eigenvalue weighted by molar-refractivity contribution is 6.16. The van der Waals surface area contributed by atoms with Crippen LogP contribution in [0.4, 0.5) is 26.0 Å². The largest absolute Gasteiger partial charge is 0.493 e. The molecule has 2 aliphatic heterocycles. The van der Waals surface area contributed by atoms with E-state index < -0.39 is 17.5 Å². The summed E-state index contributed by atoms with van der Waals surface area (Å²) in [4.78, 5) is 19.6. The van der Waals surface area contributed by atoms with Crippen molar-refractivity contribution in [2.24, 2.45) is 10.7 Å². The number of aliphatic hydroxyl groups excluding tert-OH is 1. The first-order valence-electron chi connectivity index (χ1n) is 14.1. The molecule has 5 N–H and O–H groups in total. The standard InChI is InChI=1S/C29H35F2N7O6/c1-41-23-14-19-21(15-24(23)42-9-3-6-37(7-8-39)16-27-43-10-11-44-27)33-17-38(22-5-2-4-20(30)28(22)31)29(19)34-26-13-18(35-36-26)12-25(32)40/h2,4-5,13-15,27,33,39H,3,6-12,16-17H2,1H3,(H2,32,40)(H,35,36). The lowest BCUT2D eigenvalue weighted by Gasteiger charge is -2.33. The van der Waals surface area contributed by atoms with E-state index >= 15 is 0 Å². The zero-order valence-corrected chi connectivity index (χ0v) is 24.2. The monoisotopic (exact) mass is 615 g/mol. The van der Waals surface area contributed by atoms with Crippen molar-refractivity contribution in [2.45, 2.75) is 19.1 Å². The zero-order valence-electron chi connectivity index (χ0n) is 24.2. The molecule has 15 heteroatoms. The Labute approximate surface area is 252 Å². The quantitative estimate of drug-likeness (QED) is 0.198. The Morgan fingerprint density at radius 3 is 2.80 bits per heavy atom. The number of halogens is 2. The summed E-state index contributed by atoms with van der Waals surface area (Å²) >= 11 is 0. The number of fused-ring (bicyclic) bond motifs is 1. The summed E-state index contributed by atoms with van der Waals surface area (Å²) in [6.45, 7) is 3.25. The van der Waals surface area contributed by atoms with Crippen molar-refractivity contribution in [3.8, 4) is 11.5 Å². The first kappa shape index (κ1) is 31.1. The van der Waals surface area contributed by atoms with E-state index in [-0.39, 0.29) is 43.3 Å². The lowest BCUT2D eigenvalue weighted by Crippen LogP contribution is -2.41. The van der Waals surface area contributed by atoms with Crippen LogP contribution in [-0.2, 0) is 20.7 Å². The van der Waals surface area contributed by atoms with Crippen molar-refractivity contribution in [2.75, 3.05) is 70.1 Å². The predicted molar refractivity (Wildman–Crippen MR) is 157 cm³/mol. The molecule has 0 unspecified atom stereocenters. The lowest BCUT2D eigenvalue weighted by atomic mass is 10.1. The number of aromatic nitrogens is 2. The fourth-order valence-corrected chi connectivity index (χ4v) is 4.99. The van der Waals surface area contributed by atoms with E-state index in [2.05, 4.69) is 25.4 Å². The van der Waals surface area contributed by atoms with Crippen LogP contribution in [0.1, 0.15) is 17.7 Å². The van der Waals surface area contributed by atoms with Gasteiger partial charge in [-0.2, -0.15) is 5.10 Å². The highest BCUT2D eigenvalue weighted by atomic mass is 19.2. The molecule has 0 radical (unpaired) electrons. The molecule has 1 saturated heterocycles. The number of aliphatic hydroxyl groups is 1. The first-order valence-corrected chi connectivity index (χ1v) is 14.1. The van der Waals surface area contributed by atoms with Crippen molar-refractivity contribution in [1.29, 1.82) is 0 Å². The van der Waals surface area contributed by atoms with E-state index in [0.29, 0.717) is 74.3 Å². The molecule has 0 aliphatic carbocycles. The molecule has 1 aromatic heterocycles. The second kappa shape index (κ2) is 14.4. The van der Waals surface area contributed by atoms with Crippen LogP contribution in [0, 0.1) is 11.6 Å². The summed E-state index contributed by atoms with van der Waals surface area (Å²) in [7, 11) is 1.50. The van der Waals surface area contributed by atoms with E-state index in [0.717, 1.165) is 6.07 Å². The number of aliphatic imine (C=N–C) groups is 1. The van der Waals surface area contributed by atoms with Crippen LogP contribution >= 0.6 is 0 Å². The molecule has 1 amide bonds. The summed E-state index contributed by atoms with van der Waals surface area (Å²) in [5.41, 5.74) is 6.86. The van der Waals surface area contributed by atoms with E-state index in [1.165, 1.54) is 24.1 Å². The van der Waals surface area contributed by atoms with Gasteiger partial charge < -0.3 is 40.0 Å². The number of amides is 1. The number of amidine groups is 1. The summed E-state index contributed by atoms with van der Waals surface area (Å²) in [6, 6.07) is 8.91. The Morgan fingerprint density at radius 2 is 2.05 bits per heavy atom. The Kier molecular flexibility index (Phi) is 10.2. The smallest absolute Gasteiger partial charge is 0.223 e. The van der Waals surface area contributed by atoms with Gasteiger partial charge in [-0.3, -0.25) is 14.8 Å². The summed E-state index contributed by atoms with van der Waals surface area (Å²) < 4.78 is 52.0. The molecule has 0 spiro atoms. The molecule has 0 saturated carbocycles. The van der Waals surface area contributed by atoms with Gasteiger partial charge in [0, 0.05) is 43.0 Å². The highest BCUT2D eigenvalue weighted by Crippen LogP contribution is 2.38. The number of benzene rings is 2. The third-order valence-electron chi connectivity index (χ3n) is 7.04. The third-order valence-corrected chi connectivity index (χ3v) is 7.04. The van der Waals surface area contributed by atoms with Crippen molar-refractivity contribution < 1.29 is 37.6 Å². The number of carbonyl (C=O) groups is 1. The SMILES string of the molecule is COc1cc2c(cc1OCCCN(CCO)CC1OCCO1)NCN(c1cccc(F)c1F)C2=Nc1cc(CC(N)=O)[nH]n1. The number of hydrogen-bond donors (Lipinski definition) is 4. The van der Waals surface area contributed by atoms with E-state index in [1.807, 2.05) is 0 Å². The topological polar surface area (TPSA) is 160 Å². The van der Waals surface area contributed by atoms with Gasteiger partial charge in [-0.25, -0.2) is 13.8 Å². The number of H-pyrrole nitrogens is 1. The number of aromatic amines is 1. The van der Waals surface area contributed by atoms with E-state index in [1.54, 1.807) is 18.2 Å². The maximum Gasteiger partial charge on any atom is 0.223 e. The van der Waals surface area contributed by atoms with Crippen molar-refractivity contribution >= 4 is 28.9 Å². The van der Waals surface area contributed by atoms with Crippen LogP contribution in [-0.4, -0.2) is 98.1 Å². The molecule has 1 fully saturated rings. The normalized spacial score (nSPS) is 15.9. The summed E-state index contributed by atoms with van der Waals surface area (Å²) in [6.07, 6.45) is 0.292. The van der Waals surface area contributed by atoms with Crippen LogP contribution in [0.15, 0.2) is 41.4 Å². The van der Waals surface area contributed by atoms with Gasteiger partial charge in [-0.15, -0.1) is 0 Å². The third kappa shape index (κ3) is 7.42. The van der Waals surface area contributed by atoms with Crippen LogP contribution in [0.25, 0.3) is 0 Å². The lowest BCUT2D eigenvalue weighted by molar-refractivity contribution is -0.117. The van der Waals surface area contributed by atoms with Crippen molar-refractivity contribution in [3.63, 3.8) is 0 Å². The van der Waals surface area contributed by atoms with Gasteiger partial charge in [-0.05, 0) is 24.6 Å². The van der Waals surface area contributed by atoms with Gasteiger partial charge in [0.15, 0.2) is 35.2 Å². The second-order valence-electron chi connectivity index (χ2n) is 10.1. The van der Waals surface area contributed by atoms with Gasteiger partial charge in [-0.1, -0.05) is 6.07 Å². The number of methoxy groups -OCH3 is 1. The van der Waals surface area contributed by atoms with Gasteiger partial charge in [0.2, 0.25) is 5.91 Å². The van der Waals surface area contributed by atoms with Gasteiger partial charge in [0.25, 0.3) is 0 Å². The molecular weight excluding hydrogens is 580 g/mol. The van der Waals surface area contributed by atoms with Gasteiger partial charge in [0.05, 0.1) is 58.0 Å². The number of primary amides is 1. The molecule has 0 atom stereocenters. The van der Waals surface area contributed by atoms with Crippen LogP contribution in [0.2, 0.25) is 0 Å². The zero-order chi connectivity index (χ0) is 31.1. The van der Waals surface area contributed by atoms with Crippen LogP contribution in [0.5, 0.6) is 11.5 Å². The Balaban J connectivity index is 1.38. The molecule has 5 rings (SSSR count). The fourth-order valence-electron chi connectivity index (χ4n) is 4.99. The molecule has 2 aromatic carbocycles. The minimum atomic E-state index is -1.03. The maximum atomic E-state index is 15.0. The number of nitrogens with zero attached hydrogens (tertiary/aromatic N) is 4. The predicted octanol–water partition coefficient (Wildman–Crippen LogP) is 2.13. The van der Waals surface area contributed by atoms with Crippen molar-refractivity contribution in [1.82, 2.24) is 15.1 Å². The van der Waals surface area contributed by atoms with Gasteiger partial charge >= 0.3 is 0 Å². The van der Waals surface area contributed by atoms with Crippen LogP contribution < -0.4 is 25.4 Å². The average Bonchev–Trinajstić information content (AvgIpc) is 3.68. The van der Waals surface area contributed by atoms with E-state index in [4.69, 9.17) is 24.7 Å². The molecule has 236 valence electrons. The summed E-state index contributed by atoms with van der Waals surface area (Å²) in [5.74, 6) is -1.22. The van der Waals surface area contributed by atoms with Crippen LogP contribution in [0.3, 0.4) is 0 Å². The second-order valence-corrected chi connectivity index (χ2v) is 10.1. The highest BCUT2D eigenvalue weighted by Gasteiger charge is 2.29. The molecule has 2 aliphatic rings. The average molecular weight is 616 g/mol.